The molecular weight excluding hydrogens is 778 g/mol. The Bertz CT molecular complexity index is 3110. The predicted octanol–water partition coefficient (Wildman–Crippen LogP) is 9.99. The van der Waals surface area contributed by atoms with Crippen LogP contribution >= 0.6 is 47.0 Å². The Hall–Kier alpha value is -5.37. The van der Waals surface area contributed by atoms with Crippen LogP contribution in [0.1, 0.15) is 0 Å². The zero-order valence-electron chi connectivity index (χ0n) is 31.0. The highest BCUT2D eigenvalue weighted by molar-refractivity contribution is 8.02. The smallest absolute Gasteiger partial charge is 0.250 e. The lowest BCUT2D eigenvalue weighted by Crippen LogP contribution is -2.62. The van der Waals surface area contributed by atoms with Gasteiger partial charge in [-0.05, 0) is 94.6 Å². The predicted molar refractivity (Wildman–Crippen MR) is 250 cm³/mol. The van der Waals surface area contributed by atoms with Crippen molar-refractivity contribution >= 4 is 121 Å². The second kappa shape index (κ2) is 13.1. The number of fused-ring (bicyclic) bond motifs is 10. The second-order valence-corrected chi connectivity index (χ2v) is 19.3. The van der Waals surface area contributed by atoms with E-state index in [4.69, 9.17) is 0 Å². The van der Waals surface area contributed by atoms with Crippen LogP contribution in [-0.2, 0) is 0 Å². The van der Waals surface area contributed by atoms with Gasteiger partial charge >= 0.3 is 0 Å². The third kappa shape index (κ3) is 4.83. The van der Waals surface area contributed by atoms with E-state index in [2.05, 4.69) is 191 Å². The van der Waals surface area contributed by atoms with Crippen molar-refractivity contribution in [3.63, 3.8) is 0 Å². The number of aromatic nitrogens is 1. The summed E-state index contributed by atoms with van der Waals surface area (Å²) in [5.41, 5.74) is 14.5. The number of benzene rings is 8. The molecule has 0 saturated carbocycles. The Morgan fingerprint density at radius 1 is 0.397 bits per heavy atom. The summed E-state index contributed by atoms with van der Waals surface area (Å²) < 4.78 is 2.51. The lowest BCUT2D eigenvalue weighted by atomic mass is 9.33. The quantitative estimate of drug-likeness (QED) is 0.163. The van der Waals surface area contributed by atoms with Gasteiger partial charge in [0.25, 0.3) is 0 Å². The largest absolute Gasteiger partial charge is 0.308 e. The molecule has 5 heterocycles. The van der Waals surface area contributed by atoms with Gasteiger partial charge in [0.05, 0.1) is 16.2 Å². The molecule has 0 radical (unpaired) electrons. The van der Waals surface area contributed by atoms with Gasteiger partial charge in [0, 0.05) is 51.3 Å². The normalized spacial score (nSPS) is 13.9. The summed E-state index contributed by atoms with van der Waals surface area (Å²) in [7, 11) is 0. The summed E-state index contributed by atoms with van der Waals surface area (Å²) >= 11 is 7.78. The van der Waals surface area contributed by atoms with E-state index in [0.29, 0.717) is 0 Å². The first-order valence-corrected chi connectivity index (χ1v) is 22.9. The molecule has 58 heavy (non-hydrogen) atoms. The van der Waals surface area contributed by atoms with Gasteiger partial charge in [0.1, 0.15) is 0 Å². The molecular formula is C50H30B2N2S4. The first-order valence-electron chi connectivity index (χ1n) is 19.7. The molecule has 13 rings (SSSR count). The molecule has 4 aliphatic rings. The maximum absolute atomic E-state index is 2.65. The van der Waals surface area contributed by atoms with Crippen LogP contribution in [-0.4, -0.2) is 18.0 Å². The highest BCUT2D eigenvalue weighted by Crippen LogP contribution is 2.52. The van der Waals surface area contributed by atoms with Crippen LogP contribution in [0.15, 0.2) is 221 Å². The van der Waals surface area contributed by atoms with Crippen LogP contribution in [0, 0.1) is 0 Å². The number of hydrogen-bond donors (Lipinski definition) is 0. The summed E-state index contributed by atoms with van der Waals surface area (Å²) in [4.78, 5) is 12.0. The molecule has 1 aromatic heterocycles. The summed E-state index contributed by atoms with van der Waals surface area (Å²) in [6.45, 7) is 0.156. The van der Waals surface area contributed by atoms with E-state index in [9.17, 15) is 0 Å². The van der Waals surface area contributed by atoms with Crippen LogP contribution in [0.3, 0.4) is 0 Å². The van der Waals surface area contributed by atoms with Gasteiger partial charge < -0.3 is 9.47 Å². The maximum atomic E-state index is 2.65. The highest BCUT2D eigenvalue weighted by atomic mass is 32.2. The van der Waals surface area contributed by atoms with Crippen molar-refractivity contribution in [3.8, 4) is 5.69 Å². The highest BCUT2D eigenvalue weighted by Gasteiger charge is 2.46. The van der Waals surface area contributed by atoms with Crippen LogP contribution in [0.25, 0.3) is 16.6 Å². The van der Waals surface area contributed by atoms with Gasteiger partial charge in [0.2, 0.25) is 13.4 Å². The Labute approximate surface area is 355 Å². The van der Waals surface area contributed by atoms with E-state index < -0.39 is 0 Å². The standard InChI is InChI=1S/C50H30B2N2S4/c1-4-16-31(17-5-1)53(32-18-6-2-7-19-32)47-48-36(51-35-23-11-13-25-39(35)55-40-26-14-27-41(56-48)45(40)51)30-37-49(47)57-42-28-15-29-43-46(42)52(37)44-34-22-10-12-24-38(34)54(50(44)58-43)33-20-8-3-9-21-33/h1-30H. The Morgan fingerprint density at radius 3 is 1.60 bits per heavy atom. The molecule has 0 spiro atoms. The van der Waals surface area contributed by atoms with Gasteiger partial charge in [-0.1, -0.05) is 173 Å². The fourth-order valence-electron chi connectivity index (χ4n) is 9.70. The zero-order chi connectivity index (χ0) is 37.9. The van der Waals surface area contributed by atoms with Crippen molar-refractivity contribution in [1.82, 2.24) is 4.57 Å². The summed E-state index contributed by atoms with van der Waals surface area (Å²) in [5, 5.41) is 2.63. The lowest BCUT2D eigenvalue weighted by Gasteiger charge is -2.40. The summed E-state index contributed by atoms with van der Waals surface area (Å²) in [6.07, 6.45) is 0. The number of nitrogens with zero attached hydrogens (tertiary/aromatic N) is 2. The molecule has 8 aromatic carbocycles. The van der Waals surface area contributed by atoms with Crippen LogP contribution in [0.4, 0.5) is 17.1 Å². The fourth-order valence-corrected chi connectivity index (χ4v) is 15.0. The van der Waals surface area contributed by atoms with E-state index in [0.717, 1.165) is 11.4 Å². The Morgan fingerprint density at radius 2 is 0.914 bits per heavy atom. The lowest BCUT2D eigenvalue weighted by molar-refractivity contribution is 0.998. The van der Waals surface area contributed by atoms with E-state index in [1.165, 1.54) is 94.3 Å². The molecule has 2 nitrogen and oxygen atoms in total. The van der Waals surface area contributed by atoms with Gasteiger partial charge in [0.15, 0.2) is 0 Å². The summed E-state index contributed by atoms with van der Waals surface area (Å²) in [6, 6.07) is 67.7. The van der Waals surface area contributed by atoms with Gasteiger partial charge in [-0.3, -0.25) is 0 Å². The molecule has 0 unspecified atom stereocenters. The fraction of sp³-hybridized carbons (Fsp3) is 0. The van der Waals surface area contributed by atoms with Crippen molar-refractivity contribution in [3.05, 3.63) is 182 Å². The zero-order valence-corrected chi connectivity index (χ0v) is 34.3. The van der Waals surface area contributed by atoms with Crippen molar-refractivity contribution in [2.45, 2.75) is 39.3 Å². The van der Waals surface area contributed by atoms with Gasteiger partial charge in [-0.15, -0.1) is 0 Å². The monoisotopic (exact) mass is 808 g/mol. The van der Waals surface area contributed by atoms with E-state index in [1.807, 2.05) is 47.0 Å². The summed E-state index contributed by atoms with van der Waals surface area (Å²) in [5.74, 6) is 0. The third-order valence-electron chi connectivity index (χ3n) is 12.0. The molecule has 0 amide bonds. The van der Waals surface area contributed by atoms with Crippen molar-refractivity contribution < 1.29 is 0 Å². The Kier molecular flexibility index (Phi) is 7.57. The van der Waals surface area contributed by atoms with E-state index in [1.54, 1.807) is 0 Å². The first kappa shape index (κ1) is 33.6. The molecule has 8 heteroatoms. The van der Waals surface area contributed by atoms with Crippen LogP contribution in [0.2, 0.25) is 0 Å². The number of anilines is 3. The molecule has 4 aliphatic heterocycles. The van der Waals surface area contributed by atoms with Crippen molar-refractivity contribution in [2.75, 3.05) is 4.90 Å². The maximum Gasteiger partial charge on any atom is 0.250 e. The second-order valence-electron chi connectivity index (χ2n) is 15.1. The molecule has 270 valence electrons. The van der Waals surface area contributed by atoms with Crippen molar-refractivity contribution in [1.29, 1.82) is 0 Å². The van der Waals surface area contributed by atoms with Crippen LogP contribution in [0.5, 0.6) is 0 Å². The number of hydrogen-bond acceptors (Lipinski definition) is 5. The molecule has 0 N–H and O–H groups in total. The molecule has 0 saturated heterocycles. The molecule has 0 bridgehead atoms. The molecule has 0 atom stereocenters. The van der Waals surface area contributed by atoms with Gasteiger partial charge in [-0.2, -0.15) is 0 Å². The van der Waals surface area contributed by atoms with Crippen LogP contribution < -0.4 is 37.7 Å². The van der Waals surface area contributed by atoms with Gasteiger partial charge in [-0.25, -0.2) is 0 Å². The average molecular weight is 809 g/mol. The minimum Gasteiger partial charge on any atom is -0.308 e. The van der Waals surface area contributed by atoms with E-state index in [-0.39, 0.29) is 13.4 Å². The Balaban J connectivity index is 1.18. The topological polar surface area (TPSA) is 8.17 Å². The van der Waals surface area contributed by atoms with E-state index >= 15 is 0 Å². The third-order valence-corrected chi connectivity index (χ3v) is 16.8. The SMILES string of the molecule is c1ccc(N(c2ccccc2)c2c3c(cc4c2Sc2cccc5c2B4c2c(n(-c4ccccc4)c4ccccc24)S5)B2c4ccccc4Sc4cccc(c42)S3)cc1. The minimum absolute atomic E-state index is 0.0425. The molecule has 0 aliphatic carbocycles. The first-order chi connectivity index (χ1) is 28.8. The number of para-hydroxylation sites is 4. The molecule has 0 fully saturated rings. The van der Waals surface area contributed by atoms with Crippen molar-refractivity contribution in [2.24, 2.45) is 0 Å². The minimum atomic E-state index is 0.0425. The number of rotatable bonds is 4. The average Bonchev–Trinajstić information content (AvgIpc) is 3.61. The molecule has 9 aromatic rings.